The van der Waals surface area contributed by atoms with Crippen molar-refractivity contribution in [3.63, 3.8) is 0 Å². The van der Waals surface area contributed by atoms with Gasteiger partial charge in [0.1, 0.15) is 0 Å². The lowest BCUT2D eigenvalue weighted by Gasteiger charge is -1.92. The fourth-order valence-electron chi connectivity index (χ4n) is 1.20. The predicted molar refractivity (Wildman–Crippen MR) is 52.3 cm³/mol. The smallest absolute Gasteiger partial charge is 0.151 e. The zero-order chi connectivity index (χ0) is 8.55. The summed E-state index contributed by atoms with van der Waals surface area (Å²) < 4.78 is 3.08. The molecule has 62 valence electrons. The number of hydrogen-bond donors (Lipinski definition) is 0. The number of aryl methyl sites for hydroxylation is 1. The number of hydrogen-bond acceptors (Lipinski definition) is 1. The minimum Gasteiger partial charge on any atom is -0.306 e. The molecular formula is C9H9BrN2. The normalized spacial score (nSPS) is 10.8. The second-order valence-corrected chi connectivity index (χ2v) is 3.53. The van der Waals surface area contributed by atoms with Crippen molar-refractivity contribution in [2.45, 2.75) is 13.3 Å². The van der Waals surface area contributed by atoms with E-state index in [1.165, 1.54) is 0 Å². The molecule has 0 saturated carbocycles. The van der Waals surface area contributed by atoms with Gasteiger partial charge in [0.05, 0.1) is 10.2 Å². The van der Waals surface area contributed by atoms with Crippen LogP contribution in [0.4, 0.5) is 0 Å². The molecule has 0 saturated heterocycles. The standard InChI is InChI=1S/C9H9BrN2/c1-2-7-6-12-5-3-4-8(10)9(12)11-7/h3-6H,2H2,1H3. The van der Waals surface area contributed by atoms with Gasteiger partial charge < -0.3 is 4.40 Å². The van der Waals surface area contributed by atoms with E-state index in [-0.39, 0.29) is 0 Å². The SMILES string of the molecule is CCc1cn2cccc(Br)c2n1. The van der Waals surface area contributed by atoms with Crippen molar-refractivity contribution < 1.29 is 0 Å². The predicted octanol–water partition coefficient (Wildman–Crippen LogP) is 2.66. The Labute approximate surface area is 79.4 Å². The highest BCUT2D eigenvalue weighted by atomic mass is 79.9. The third kappa shape index (κ3) is 1.14. The minimum absolute atomic E-state index is 0.980. The van der Waals surface area contributed by atoms with Crippen LogP contribution in [0.25, 0.3) is 5.65 Å². The zero-order valence-corrected chi connectivity index (χ0v) is 8.37. The van der Waals surface area contributed by atoms with Gasteiger partial charge in [-0.15, -0.1) is 0 Å². The average molecular weight is 225 g/mol. The highest BCUT2D eigenvalue weighted by molar-refractivity contribution is 9.10. The Kier molecular flexibility index (Phi) is 1.89. The van der Waals surface area contributed by atoms with Gasteiger partial charge in [0, 0.05) is 12.4 Å². The number of pyridine rings is 1. The summed E-state index contributed by atoms with van der Waals surface area (Å²) in [4.78, 5) is 4.45. The second kappa shape index (κ2) is 2.90. The third-order valence-electron chi connectivity index (χ3n) is 1.85. The van der Waals surface area contributed by atoms with Crippen LogP contribution in [0.3, 0.4) is 0 Å². The molecule has 0 aliphatic rings. The summed E-state index contributed by atoms with van der Waals surface area (Å²) in [7, 11) is 0. The van der Waals surface area contributed by atoms with Crippen LogP contribution in [0.15, 0.2) is 29.0 Å². The summed E-state index contributed by atoms with van der Waals surface area (Å²) in [6, 6.07) is 4.00. The van der Waals surface area contributed by atoms with Gasteiger partial charge in [-0.25, -0.2) is 4.98 Å². The monoisotopic (exact) mass is 224 g/mol. The molecule has 0 aromatic carbocycles. The van der Waals surface area contributed by atoms with Gasteiger partial charge in [-0.2, -0.15) is 0 Å². The van der Waals surface area contributed by atoms with E-state index in [0.717, 1.165) is 22.2 Å². The molecule has 0 fully saturated rings. The van der Waals surface area contributed by atoms with Crippen molar-refractivity contribution in [1.82, 2.24) is 9.38 Å². The van der Waals surface area contributed by atoms with Gasteiger partial charge in [-0.3, -0.25) is 0 Å². The summed E-state index contributed by atoms with van der Waals surface area (Å²) in [5.74, 6) is 0. The van der Waals surface area contributed by atoms with Crippen LogP contribution >= 0.6 is 15.9 Å². The van der Waals surface area contributed by atoms with Crippen LogP contribution in [0.5, 0.6) is 0 Å². The van der Waals surface area contributed by atoms with Gasteiger partial charge >= 0.3 is 0 Å². The van der Waals surface area contributed by atoms with Crippen LogP contribution < -0.4 is 0 Å². The fourth-order valence-corrected chi connectivity index (χ4v) is 1.65. The molecule has 0 aliphatic carbocycles. The molecule has 3 heteroatoms. The molecule has 2 nitrogen and oxygen atoms in total. The lowest BCUT2D eigenvalue weighted by Crippen LogP contribution is -1.80. The molecule has 0 aliphatic heterocycles. The number of imidazole rings is 1. The Hall–Kier alpha value is -0.830. The van der Waals surface area contributed by atoms with Crippen molar-refractivity contribution in [2.75, 3.05) is 0 Å². The zero-order valence-electron chi connectivity index (χ0n) is 6.79. The first-order valence-corrected chi connectivity index (χ1v) is 4.72. The van der Waals surface area contributed by atoms with Gasteiger partial charge in [-0.05, 0) is 34.5 Å². The van der Waals surface area contributed by atoms with Crippen molar-refractivity contribution in [3.8, 4) is 0 Å². The van der Waals surface area contributed by atoms with Gasteiger partial charge in [0.2, 0.25) is 0 Å². The first-order chi connectivity index (χ1) is 5.81. The Morgan fingerprint density at radius 2 is 2.42 bits per heavy atom. The first kappa shape index (κ1) is 7.80. The topological polar surface area (TPSA) is 17.3 Å². The van der Waals surface area contributed by atoms with E-state index in [0.29, 0.717) is 0 Å². The van der Waals surface area contributed by atoms with E-state index in [4.69, 9.17) is 0 Å². The molecule has 0 bridgehead atoms. The molecule has 0 radical (unpaired) electrons. The van der Waals surface area contributed by atoms with E-state index in [2.05, 4.69) is 34.0 Å². The number of halogens is 1. The maximum absolute atomic E-state index is 4.45. The minimum atomic E-state index is 0.980. The van der Waals surface area contributed by atoms with Crippen LogP contribution in [-0.4, -0.2) is 9.38 Å². The van der Waals surface area contributed by atoms with Crippen molar-refractivity contribution in [1.29, 1.82) is 0 Å². The van der Waals surface area contributed by atoms with Crippen LogP contribution in [0.1, 0.15) is 12.6 Å². The Balaban J connectivity index is 2.74. The van der Waals surface area contributed by atoms with E-state index in [1.807, 2.05) is 22.7 Å². The summed E-state index contributed by atoms with van der Waals surface area (Å²) in [6.07, 6.45) is 5.04. The highest BCUT2D eigenvalue weighted by Gasteiger charge is 2.01. The maximum atomic E-state index is 4.45. The van der Waals surface area contributed by atoms with E-state index in [1.54, 1.807) is 0 Å². The number of nitrogens with zero attached hydrogens (tertiary/aromatic N) is 2. The lowest BCUT2D eigenvalue weighted by molar-refractivity contribution is 1.07. The molecular weight excluding hydrogens is 216 g/mol. The number of rotatable bonds is 1. The van der Waals surface area contributed by atoms with Crippen LogP contribution in [0, 0.1) is 0 Å². The summed E-state index contributed by atoms with van der Waals surface area (Å²) in [5.41, 5.74) is 2.12. The van der Waals surface area contributed by atoms with Crippen molar-refractivity contribution >= 4 is 21.6 Å². The lowest BCUT2D eigenvalue weighted by atomic mass is 10.4. The van der Waals surface area contributed by atoms with Crippen molar-refractivity contribution in [2.24, 2.45) is 0 Å². The summed E-state index contributed by atoms with van der Waals surface area (Å²) in [6.45, 7) is 2.11. The highest BCUT2D eigenvalue weighted by Crippen LogP contribution is 2.16. The van der Waals surface area contributed by atoms with Gasteiger partial charge in [0.15, 0.2) is 5.65 Å². The van der Waals surface area contributed by atoms with Crippen LogP contribution in [0.2, 0.25) is 0 Å². The number of aromatic nitrogens is 2. The maximum Gasteiger partial charge on any atom is 0.151 e. The molecule has 2 aromatic heterocycles. The van der Waals surface area contributed by atoms with Gasteiger partial charge in [-0.1, -0.05) is 6.92 Å². The fraction of sp³-hybridized carbons (Fsp3) is 0.222. The molecule has 0 N–H and O–H groups in total. The van der Waals surface area contributed by atoms with E-state index in [9.17, 15) is 0 Å². The molecule has 2 rings (SSSR count). The Bertz CT molecular complexity index is 406. The molecule has 2 heterocycles. The van der Waals surface area contributed by atoms with E-state index < -0.39 is 0 Å². The Morgan fingerprint density at radius 3 is 3.08 bits per heavy atom. The van der Waals surface area contributed by atoms with E-state index >= 15 is 0 Å². The summed E-state index contributed by atoms with van der Waals surface area (Å²) in [5, 5.41) is 0. The quantitative estimate of drug-likeness (QED) is 0.729. The second-order valence-electron chi connectivity index (χ2n) is 2.67. The molecule has 12 heavy (non-hydrogen) atoms. The molecule has 0 amide bonds. The molecule has 2 aromatic rings. The number of fused-ring (bicyclic) bond motifs is 1. The molecule has 0 atom stereocenters. The third-order valence-corrected chi connectivity index (χ3v) is 2.47. The largest absolute Gasteiger partial charge is 0.306 e. The first-order valence-electron chi connectivity index (χ1n) is 3.93. The van der Waals surface area contributed by atoms with Crippen LogP contribution in [-0.2, 0) is 6.42 Å². The Morgan fingerprint density at radius 1 is 1.58 bits per heavy atom. The molecule has 0 spiro atoms. The summed E-state index contributed by atoms with van der Waals surface area (Å²) >= 11 is 3.46. The van der Waals surface area contributed by atoms with Gasteiger partial charge in [0.25, 0.3) is 0 Å². The average Bonchev–Trinajstić information content (AvgIpc) is 2.49. The molecule has 0 unspecified atom stereocenters. The van der Waals surface area contributed by atoms with Crippen molar-refractivity contribution in [3.05, 3.63) is 34.7 Å².